The van der Waals surface area contributed by atoms with Crippen LogP contribution >= 0.6 is 0 Å². The highest BCUT2D eigenvalue weighted by atomic mass is 19.1. The van der Waals surface area contributed by atoms with Crippen molar-refractivity contribution in [2.45, 2.75) is 32.1 Å². The molecule has 1 amide bonds. The molecule has 2 aliphatic heterocycles. The summed E-state index contributed by atoms with van der Waals surface area (Å²) in [5.74, 6) is 0.829. The van der Waals surface area contributed by atoms with Gasteiger partial charge in [0.15, 0.2) is 0 Å². The molecule has 2 aliphatic rings. The van der Waals surface area contributed by atoms with Crippen molar-refractivity contribution in [1.29, 1.82) is 0 Å². The SMILES string of the molecule is O=C(CC1CCCNC1)Nc1cc(-c2cccc(NCC3CCOCC3)c2)c(F)cn1. The van der Waals surface area contributed by atoms with Gasteiger partial charge in [-0.25, -0.2) is 9.37 Å². The zero-order valence-electron chi connectivity index (χ0n) is 17.8. The minimum atomic E-state index is -0.406. The number of aromatic nitrogens is 1. The van der Waals surface area contributed by atoms with Gasteiger partial charge in [-0.1, -0.05) is 12.1 Å². The van der Waals surface area contributed by atoms with Crippen molar-refractivity contribution in [3.63, 3.8) is 0 Å². The van der Waals surface area contributed by atoms with E-state index >= 15 is 0 Å². The monoisotopic (exact) mass is 426 g/mol. The average Bonchev–Trinajstić information content (AvgIpc) is 2.80. The molecule has 0 bridgehead atoms. The predicted octanol–water partition coefficient (Wildman–Crippen LogP) is 4.05. The standard InChI is InChI=1S/C24H31FN4O2/c25-22-16-28-23(29-24(30)11-18-3-2-8-26-14-18)13-21(22)19-4-1-5-20(12-19)27-15-17-6-9-31-10-7-17/h1,4-5,12-13,16-18,26-27H,2-3,6-11,14-15H2,(H,28,29,30). The third-order valence-corrected chi connectivity index (χ3v) is 6.11. The van der Waals surface area contributed by atoms with Gasteiger partial charge in [-0.05, 0) is 74.4 Å². The molecule has 2 aromatic rings. The molecule has 2 fully saturated rings. The van der Waals surface area contributed by atoms with E-state index < -0.39 is 5.82 Å². The zero-order chi connectivity index (χ0) is 21.5. The minimum absolute atomic E-state index is 0.0781. The Morgan fingerprint density at radius 2 is 2.06 bits per heavy atom. The van der Waals surface area contributed by atoms with Crippen molar-refractivity contribution < 1.29 is 13.9 Å². The fourth-order valence-corrected chi connectivity index (χ4v) is 4.29. The lowest BCUT2D eigenvalue weighted by Crippen LogP contribution is -2.32. The highest BCUT2D eigenvalue weighted by molar-refractivity contribution is 5.90. The van der Waals surface area contributed by atoms with E-state index in [4.69, 9.17) is 4.74 Å². The molecule has 3 N–H and O–H groups in total. The number of rotatable bonds is 7. The quantitative estimate of drug-likeness (QED) is 0.623. The number of nitrogens with zero attached hydrogens (tertiary/aromatic N) is 1. The van der Waals surface area contributed by atoms with Crippen LogP contribution in [0.1, 0.15) is 32.1 Å². The first-order valence-electron chi connectivity index (χ1n) is 11.3. The van der Waals surface area contributed by atoms with Crippen LogP contribution in [-0.2, 0) is 9.53 Å². The van der Waals surface area contributed by atoms with Crippen molar-refractivity contribution in [3.8, 4) is 11.1 Å². The van der Waals surface area contributed by atoms with Crippen LogP contribution in [0.25, 0.3) is 11.1 Å². The smallest absolute Gasteiger partial charge is 0.225 e. The average molecular weight is 427 g/mol. The lowest BCUT2D eigenvalue weighted by molar-refractivity contribution is -0.117. The molecule has 0 aliphatic carbocycles. The highest BCUT2D eigenvalue weighted by Gasteiger charge is 2.18. The summed E-state index contributed by atoms with van der Waals surface area (Å²) in [6, 6.07) is 9.33. The first-order valence-corrected chi connectivity index (χ1v) is 11.3. The number of benzene rings is 1. The Hall–Kier alpha value is -2.51. The predicted molar refractivity (Wildman–Crippen MR) is 121 cm³/mol. The lowest BCUT2D eigenvalue weighted by Gasteiger charge is -2.22. The summed E-state index contributed by atoms with van der Waals surface area (Å²) in [5, 5.41) is 9.63. The molecule has 0 spiro atoms. The normalized spacial score (nSPS) is 19.7. The summed E-state index contributed by atoms with van der Waals surface area (Å²) in [7, 11) is 0. The maximum atomic E-state index is 14.6. The van der Waals surface area contributed by atoms with Crippen LogP contribution in [0.5, 0.6) is 0 Å². The summed E-state index contributed by atoms with van der Waals surface area (Å²) in [5.41, 5.74) is 2.14. The summed E-state index contributed by atoms with van der Waals surface area (Å²) in [4.78, 5) is 16.5. The van der Waals surface area contributed by atoms with Gasteiger partial charge >= 0.3 is 0 Å². The molecule has 1 aromatic heterocycles. The molecule has 166 valence electrons. The Labute approximate surface area is 183 Å². The Morgan fingerprint density at radius 3 is 2.87 bits per heavy atom. The molecule has 7 heteroatoms. The Bertz CT molecular complexity index is 880. The third kappa shape index (κ3) is 6.24. The third-order valence-electron chi connectivity index (χ3n) is 6.11. The van der Waals surface area contributed by atoms with E-state index in [1.165, 1.54) is 6.20 Å². The van der Waals surface area contributed by atoms with Gasteiger partial charge in [0, 0.05) is 37.4 Å². The molecule has 1 aromatic carbocycles. The fourth-order valence-electron chi connectivity index (χ4n) is 4.29. The maximum absolute atomic E-state index is 14.6. The number of ether oxygens (including phenoxy) is 1. The van der Waals surface area contributed by atoms with E-state index in [1.54, 1.807) is 6.07 Å². The number of piperidine rings is 1. The number of halogens is 1. The number of carbonyl (C=O) groups is 1. The number of hydrogen-bond acceptors (Lipinski definition) is 5. The zero-order valence-corrected chi connectivity index (χ0v) is 17.8. The van der Waals surface area contributed by atoms with Crippen LogP contribution in [0.3, 0.4) is 0 Å². The fraction of sp³-hybridized carbons (Fsp3) is 0.500. The van der Waals surface area contributed by atoms with E-state index in [1.807, 2.05) is 24.3 Å². The van der Waals surface area contributed by atoms with E-state index in [-0.39, 0.29) is 5.91 Å². The van der Waals surface area contributed by atoms with Gasteiger partial charge in [0.05, 0.1) is 6.20 Å². The molecule has 0 saturated carbocycles. The second-order valence-electron chi connectivity index (χ2n) is 8.53. The topological polar surface area (TPSA) is 75.3 Å². The second kappa shape index (κ2) is 10.7. The highest BCUT2D eigenvalue weighted by Crippen LogP contribution is 2.28. The van der Waals surface area contributed by atoms with Crippen molar-refractivity contribution in [2.75, 3.05) is 43.5 Å². The number of hydrogen-bond donors (Lipinski definition) is 3. The van der Waals surface area contributed by atoms with Crippen molar-refractivity contribution in [3.05, 3.63) is 42.3 Å². The molecule has 4 rings (SSSR count). The Morgan fingerprint density at radius 1 is 1.19 bits per heavy atom. The van der Waals surface area contributed by atoms with Gasteiger partial charge in [-0.15, -0.1) is 0 Å². The number of amides is 1. The maximum Gasteiger partial charge on any atom is 0.225 e. The molecule has 31 heavy (non-hydrogen) atoms. The summed E-state index contributed by atoms with van der Waals surface area (Å²) in [6.07, 6.45) is 5.89. The van der Waals surface area contributed by atoms with Crippen LogP contribution in [0, 0.1) is 17.7 Å². The van der Waals surface area contributed by atoms with Gasteiger partial charge in [-0.3, -0.25) is 4.79 Å². The van der Waals surface area contributed by atoms with E-state index in [0.29, 0.717) is 29.6 Å². The summed E-state index contributed by atoms with van der Waals surface area (Å²) >= 11 is 0. The molecule has 0 radical (unpaired) electrons. The summed E-state index contributed by atoms with van der Waals surface area (Å²) < 4.78 is 20.0. The minimum Gasteiger partial charge on any atom is -0.385 e. The second-order valence-corrected chi connectivity index (χ2v) is 8.53. The molecule has 2 saturated heterocycles. The van der Waals surface area contributed by atoms with E-state index in [0.717, 1.165) is 69.8 Å². The number of carbonyl (C=O) groups excluding carboxylic acids is 1. The Balaban J connectivity index is 1.40. The number of anilines is 2. The first kappa shape index (κ1) is 21.7. The van der Waals surface area contributed by atoms with Gasteiger partial charge in [0.25, 0.3) is 0 Å². The molecular formula is C24H31FN4O2. The van der Waals surface area contributed by atoms with Crippen LogP contribution in [0.2, 0.25) is 0 Å². The van der Waals surface area contributed by atoms with E-state index in [9.17, 15) is 9.18 Å². The molecular weight excluding hydrogens is 395 g/mol. The van der Waals surface area contributed by atoms with E-state index in [2.05, 4.69) is 20.9 Å². The van der Waals surface area contributed by atoms with Crippen LogP contribution in [0.4, 0.5) is 15.9 Å². The Kier molecular flexibility index (Phi) is 7.48. The number of nitrogens with one attached hydrogen (secondary N) is 3. The van der Waals surface area contributed by atoms with Crippen molar-refractivity contribution in [1.82, 2.24) is 10.3 Å². The lowest BCUT2D eigenvalue weighted by atomic mass is 9.96. The summed E-state index contributed by atoms with van der Waals surface area (Å²) in [6.45, 7) is 4.40. The van der Waals surface area contributed by atoms with Crippen LogP contribution in [0.15, 0.2) is 36.5 Å². The van der Waals surface area contributed by atoms with Gasteiger partial charge < -0.3 is 20.7 Å². The van der Waals surface area contributed by atoms with Crippen molar-refractivity contribution in [2.24, 2.45) is 11.8 Å². The molecule has 1 unspecified atom stereocenters. The van der Waals surface area contributed by atoms with Crippen LogP contribution < -0.4 is 16.0 Å². The molecule has 1 atom stereocenters. The number of pyridine rings is 1. The van der Waals surface area contributed by atoms with Gasteiger partial charge in [0.2, 0.25) is 5.91 Å². The molecule has 6 nitrogen and oxygen atoms in total. The molecule has 3 heterocycles. The first-order chi connectivity index (χ1) is 15.2. The largest absolute Gasteiger partial charge is 0.385 e. The van der Waals surface area contributed by atoms with Gasteiger partial charge in [-0.2, -0.15) is 0 Å². The van der Waals surface area contributed by atoms with Gasteiger partial charge in [0.1, 0.15) is 11.6 Å². The van der Waals surface area contributed by atoms with Crippen LogP contribution in [-0.4, -0.2) is 43.7 Å². The van der Waals surface area contributed by atoms with Crippen molar-refractivity contribution >= 4 is 17.4 Å².